The third-order valence-electron chi connectivity index (χ3n) is 8.36. The van der Waals surface area contributed by atoms with E-state index in [4.69, 9.17) is 14.0 Å². The molecule has 1 unspecified atom stereocenters. The lowest BCUT2D eigenvalue weighted by atomic mass is 9.76. The van der Waals surface area contributed by atoms with Crippen molar-refractivity contribution in [2.45, 2.75) is 45.0 Å². The van der Waals surface area contributed by atoms with Crippen LogP contribution in [0.1, 0.15) is 44.4 Å². The van der Waals surface area contributed by atoms with Crippen molar-refractivity contribution in [1.82, 2.24) is 0 Å². The summed E-state index contributed by atoms with van der Waals surface area (Å²) in [4.78, 5) is 0. The quantitative estimate of drug-likeness (QED) is 0.283. The Morgan fingerprint density at radius 3 is 2.27 bits per heavy atom. The summed E-state index contributed by atoms with van der Waals surface area (Å²) >= 11 is 0. The summed E-state index contributed by atoms with van der Waals surface area (Å²) in [5.41, 5.74) is 7.50. The number of rotatable bonds is 2. The molecule has 0 saturated carbocycles. The van der Waals surface area contributed by atoms with Crippen LogP contribution < -0.4 is 10.2 Å². The highest BCUT2D eigenvalue weighted by Gasteiger charge is 2.52. The summed E-state index contributed by atoms with van der Waals surface area (Å²) in [6.45, 7) is 8.37. The minimum atomic E-state index is -0.383. The molecule has 4 aromatic rings. The molecule has 1 aliphatic carbocycles. The van der Waals surface area contributed by atoms with Crippen molar-refractivity contribution in [3.63, 3.8) is 0 Å². The van der Waals surface area contributed by atoms with Gasteiger partial charge in [-0.2, -0.15) is 0 Å². The summed E-state index contributed by atoms with van der Waals surface area (Å²) in [7, 11) is -0.383. The van der Waals surface area contributed by atoms with Crippen LogP contribution >= 0.6 is 0 Å². The van der Waals surface area contributed by atoms with Crippen LogP contribution in [0, 0.1) is 0 Å². The molecular formula is C33H29BO3. The van der Waals surface area contributed by atoms with Crippen molar-refractivity contribution >= 4 is 41.1 Å². The van der Waals surface area contributed by atoms with Gasteiger partial charge in [0.05, 0.1) is 11.2 Å². The van der Waals surface area contributed by atoms with Crippen molar-refractivity contribution in [2.75, 3.05) is 0 Å². The molecule has 3 aliphatic rings. The van der Waals surface area contributed by atoms with Gasteiger partial charge >= 0.3 is 7.12 Å². The molecule has 0 amide bonds. The maximum Gasteiger partial charge on any atom is 0.495 e. The van der Waals surface area contributed by atoms with Gasteiger partial charge in [-0.05, 0) is 96.5 Å². The fourth-order valence-corrected chi connectivity index (χ4v) is 5.51. The summed E-state index contributed by atoms with van der Waals surface area (Å²) in [6.07, 6.45) is 6.53. The van der Waals surface area contributed by atoms with E-state index in [9.17, 15) is 0 Å². The van der Waals surface area contributed by atoms with E-state index in [2.05, 4.69) is 125 Å². The van der Waals surface area contributed by atoms with E-state index in [1.165, 1.54) is 33.2 Å². The lowest BCUT2D eigenvalue weighted by Gasteiger charge is -2.32. The number of ether oxygens (including phenoxy) is 1. The fraction of sp³-hybridized carbons (Fsp3) is 0.212. The van der Waals surface area contributed by atoms with Crippen molar-refractivity contribution < 1.29 is 14.0 Å². The molecule has 1 fully saturated rings. The summed E-state index contributed by atoms with van der Waals surface area (Å²) in [6, 6.07) is 28.0. The van der Waals surface area contributed by atoms with Crippen LogP contribution in [0.15, 0.2) is 84.9 Å². The van der Waals surface area contributed by atoms with Crippen LogP contribution in [0.4, 0.5) is 0 Å². The van der Waals surface area contributed by atoms with Crippen LogP contribution in [-0.4, -0.2) is 24.4 Å². The third kappa shape index (κ3) is 3.59. The zero-order chi connectivity index (χ0) is 25.4. The molecular weight excluding hydrogens is 455 g/mol. The SMILES string of the molecule is CC1(C)OB(c2cccc3cc(-c4ccc5c(c4)C4=Cc6ccccc6C=CC4O5)ccc23)OC1(C)C. The van der Waals surface area contributed by atoms with E-state index >= 15 is 0 Å². The maximum atomic E-state index is 6.36. The standard InChI is InChI=1S/C33H29BO3/c1-32(2)33(3,4)37-34(36-32)29-11-7-10-25-18-23(12-15-26(25)29)24-14-17-31-28(20-24)27-19-22-9-6-5-8-21(22)13-16-30(27)35-31/h5-20,30H,1-4H3. The molecule has 37 heavy (non-hydrogen) atoms. The molecule has 4 heteroatoms. The number of hydrogen-bond donors (Lipinski definition) is 0. The number of fused-ring (bicyclic) bond motifs is 5. The smallest absolute Gasteiger partial charge is 0.481 e. The van der Waals surface area contributed by atoms with Gasteiger partial charge < -0.3 is 14.0 Å². The minimum absolute atomic E-state index is 0.0586. The van der Waals surface area contributed by atoms with Crippen molar-refractivity contribution in [2.24, 2.45) is 0 Å². The summed E-state index contributed by atoms with van der Waals surface area (Å²) < 4.78 is 19.0. The molecule has 1 saturated heterocycles. The summed E-state index contributed by atoms with van der Waals surface area (Å²) in [5.74, 6) is 0.938. The predicted molar refractivity (Wildman–Crippen MR) is 153 cm³/mol. The second kappa shape index (κ2) is 7.95. The van der Waals surface area contributed by atoms with E-state index in [1.807, 2.05) is 0 Å². The molecule has 182 valence electrons. The maximum absolute atomic E-state index is 6.36. The van der Waals surface area contributed by atoms with E-state index in [-0.39, 0.29) is 24.4 Å². The first-order chi connectivity index (χ1) is 17.8. The second-order valence-electron chi connectivity index (χ2n) is 11.2. The first-order valence-electron chi connectivity index (χ1n) is 13.0. The Morgan fingerprint density at radius 1 is 0.730 bits per heavy atom. The Hall–Kier alpha value is -3.60. The molecule has 0 radical (unpaired) electrons. The van der Waals surface area contributed by atoms with Crippen LogP contribution in [-0.2, 0) is 9.31 Å². The topological polar surface area (TPSA) is 27.7 Å². The molecule has 3 nitrogen and oxygen atoms in total. The van der Waals surface area contributed by atoms with Gasteiger partial charge in [-0.25, -0.2) is 0 Å². The molecule has 0 bridgehead atoms. The van der Waals surface area contributed by atoms with E-state index in [0.717, 1.165) is 22.2 Å². The van der Waals surface area contributed by atoms with Gasteiger partial charge in [-0.1, -0.05) is 66.7 Å². The molecule has 1 atom stereocenters. The molecule has 2 heterocycles. The normalized spacial score (nSPS) is 20.6. The average molecular weight is 484 g/mol. The Bertz CT molecular complexity index is 1610. The zero-order valence-electron chi connectivity index (χ0n) is 21.6. The van der Waals surface area contributed by atoms with Crippen LogP contribution in [0.3, 0.4) is 0 Å². The Morgan fingerprint density at radius 2 is 1.46 bits per heavy atom. The van der Waals surface area contributed by atoms with Crippen LogP contribution in [0.2, 0.25) is 0 Å². The van der Waals surface area contributed by atoms with Crippen molar-refractivity contribution in [1.29, 1.82) is 0 Å². The lowest BCUT2D eigenvalue weighted by Crippen LogP contribution is -2.41. The van der Waals surface area contributed by atoms with Gasteiger partial charge in [0.1, 0.15) is 11.9 Å². The van der Waals surface area contributed by atoms with Gasteiger partial charge in [0.15, 0.2) is 0 Å². The van der Waals surface area contributed by atoms with Gasteiger partial charge in [-0.15, -0.1) is 0 Å². The van der Waals surface area contributed by atoms with Gasteiger partial charge in [-0.3, -0.25) is 0 Å². The van der Waals surface area contributed by atoms with E-state index in [1.54, 1.807) is 0 Å². The Labute approximate surface area is 218 Å². The Kier molecular flexibility index (Phi) is 4.85. The number of benzene rings is 4. The highest BCUT2D eigenvalue weighted by atomic mass is 16.7. The molecule has 2 aliphatic heterocycles. The third-order valence-corrected chi connectivity index (χ3v) is 8.36. The molecule has 7 rings (SSSR count). The summed E-state index contributed by atoms with van der Waals surface area (Å²) in [5, 5.41) is 2.33. The highest BCUT2D eigenvalue weighted by Crippen LogP contribution is 2.43. The molecule has 0 N–H and O–H groups in total. The van der Waals surface area contributed by atoms with E-state index in [0.29, 0.717) is 0 Å². The van der Waals surface area contributed by atoms with E-state index < -0.39 is 0 Å². The van der Waals surface area contributed by atoms with Gasteiger partial charge in [0, 0.05) is 11.1 Å². The largest absolute Gasteiger partial charge is 0.495 e. The molecule has 0 aromatic heterocycles. The van der Waals surface area contributed by atoms with Crippen LogP contribution in [0.25, 0.3) is 39.6 Å². The van der Waals surface area contributed by atoms with Gasteiger partial charge in [0.2, 0.25) is 0 Å². The second-order valence-corrected chi connectivity index (χ2v) is 11.2. The first kappa shape index (κ1) is 22.6. The average Bonchev–Trinajstić information content (AvgIpc) is 3.25. The number of hydrogen-bond acceptors (Lipinski definition) is 3. The zero-order valence-corrected chi connectivity index (χ0v) is 21.6. The monoisotopic (exact) mass is 484 g/mol. The molecule has 0 spiro atoms. The molecule has 4 aromatic carbocycles. The van der Waals surface area contributed by atoms with Crippen molar-refractivity contribution in [3.05, 3.63) is 102 Å². The lowest BCUT2D eigenvalue weighted by molar-refractivity contribution is 0.00578. The Balaban J connectivity index is 1.27. The van der Waals surface area contributed by atoms with Gasteiger partial charge in [0.25, 0.3) is 0 Å². The predicted octanol–water partition coefficient (Wildman–Crippen LogP) is 7.13. The van der Waals surface area contributed by atoms with Crippen molar-refractivity contribution in [3.8, 4) is 16.9 Å². The fourth-order valence-electron chi connectivity index (χ4n) is 5.51. The highest BCUT2D eigenvalue weighted by molar-refractivity contribution is 6.65. The first-order valence-corrected chi connectivity index (χ1v) is 13.0. The van der Waals surface area contributed by atoms with Crippen LogP contribution in [0.5, 0.6) is 5.75 Å². The minimum Gasteiger partial charge on any atom is -0.481 e.